The summed E-state index contributed by atoms with van der Waals surface area (Å²) in [4.78, 5) is 17.6. The van der Waals surface area contributed by atoms with E-state index in [1.54, 1.807) is 22.8 Å². The van der Waals surface area contributed by atoms with Gasteiger partial charge in [-0.05, 0) is 50.4 Å². The fourth-order valence-electron chi connectivity index (χ4n) is 2.41. The highest BCUT2D eigenvalue weighted by atomic mass is 35.5. The van der Waals surface area contributed by atoms with Gasteiger partial charge in [0.05, 0.1) is 22.6 Å². The minimum atomic E-state index is -0.0787. The molecule has 112 valence electrons. The molecule has 1 N–H and O–H groups in total. The van der Waals surface area contributed by atoms with Gasteiger partial charge in [0.1, 0.15) is 5.82 Å². The van der Waals surface area contributed by atoms with Gasteiger partial charge in [-0.3, -0.25) is 9.36 Å². The molecule has 0 saturated heterocycles. The maximum absolute atomic E-state index is 12.9. The van der Waals surface area contributed by atoms with Crippen molar-refractivity contribution < 1.29 is 0 Å². The Morgan fingerprint density at radius 2 is 1.82 bits per heavy atom. The Morgan fingerprint density at radius 3 is 2.50 bits per heavy atom. The van der Waals surface area contributed by atoms with Gasteiger partial charge in [-0.15, -0.1) is 0 Å². The highest BCUT2D eigenvalue weighted by Gasteiger charge is 2.16. The first kappa shape index (κ1) is 14.8. The third-order valence-corrected chi connectivity index (χ3v) is 3.96. The van der Waals surface area contributed by atoms with Crippen LogP contribution in [0.2, 0.25) is 5.02 Å². The fourth-order valence-corrected chi connectivity index (χ4v) is 2.54. The van der Waals surface area contributed by atoms with Crippen LogP contribution in [-0.2, 0) is 0 Å². The van der Waals surface area contributed by atoms with E-state index in [1.807, 2.05) is 44.3 Å². The maximum Gasteiger partial charge on any atom is 0.266 e. The summed E-state index contributed by atoms with van der Waals surface area (Å²) < 4.78 is 1.64. The zero-order chi connectivity index (χ0) is 15.7. The van der Waals surface area contributed by atoms with Crippen molar-refractivity contribution in [2.24, 2.45) is 0 Å². The monoisotopic (exact) mass is 313 g/mol. The Labute approximate surface area is 133 Å². The molecule has 2 aromatic carbocycles. The van der Waals surface area contributed by atoms with Crippen LogP contribution in [0.5, 0.6) is 0 Å². The van der Waals surface area contributed by atoms with Crippen LogP contribution in [0.1, 0.15) is 18.8 Å². The smallest absolute Gasteiger partial charge is 0.266 e. The van der Waals surface area contributed by atoms with Crippen molar-refractivity contribution >= 4 is 22.5 Å². The Morgan fingerprint density at radius 1 is 1.14 bits per heavy atom. The van der Waals surface area contributed by atoms with Crippen LogP contribution in [0.4, 0.5) is 0 Å². The number of halogens is 1. The predicted molar refractivity (Wildman–Crippen MR) is 89.8 cm³/mol. The molecular formula is C17H16ClN3O. The van der Waals surface area contributed by atoms with Gasteiger partial charge in [0.15, 0.2) is 0 Å². The molecule has 0 aliphatic rings. The molecule has 0 amide bonds. The van der Waals surface area contributed by atoms with Gasteiger partial charge in [-0.25, -0.2) is 4.98 Å². The lowest BCUT2D eigenvalue weighted by atomic mass is 10.2. The summed E-state index contributed by atoms with van der Waals surface area (Å²) in [6, 6.07) is 14.5. The Balaban J connectivity index is 2.37. The van der Waals surface area contributed by atoms with Crippen LogP contribution in [0.15, 0.2) is 53.3 Å². The quantitative estimate of drug-likeness (QED) is 0.807. The molecule has 1 aromatic heterocycles. The van der Waals surface area contributed by atoms with Crippen molar-refractivity contribution in [3.05, 3.63) is 69.7 Å². The van der Waals surface area contributed by atoms with Crippen molar-refractivity contribution in [2.75, 3.05) is 7.05 Å². The number of aromatic nitrogens is 2. The second kappa shape index (κ2) is 5.91. The van der Waals surface area contributed by atoms with Crippen LogP contribution in [0, 0.1) is 0 Å². The van der Waals surface area contributed by atoms with Crippen molar-refractivity contribution in [1.82, 2.24) is 14.9 Å². The molecule has 22 heavy (non-hydrogen) atoms. The first-order chi connectivity index (χ1) is 10.6. The van der Waals surface area contributed by atoms with E-state index in [0.29, 0.717) is 21.7 Å². The van der Waals surface area contributed by atoms with Crippen molar-refractivity contribution in [2.45, 2.75) is 13.0 Å². The number of fused-ring (bicyclic) bond motifs is 1. The van der Waals surface area contributed by atoms with Crippen LogP contribution in [0.3, 0.4) is 0 Å². The summed E-state index contributed by atoms with van der Waals surface area (Å²) in [5.41, 5.74) is 1.38. The highest BCUT2D eigenvalue weighted by Crippen LogP contribution is 2.19. The van der Waals surface area contributed by atoms with E-state index in [1.165, 1.54) is 0 Å². The molecule has 3 rings (SSSR count). The molecule has 5 heteroatoms. The van der Waals surface area contributed by atoms with E-state index in [9.17, 15) is 4.79 Å². The largest absolute Gasteiger partial charge is 0.311 e. The van der Waals surface area contributed by atoms with E-state index in [-0.39, 0.29) is 11.6 Å². The third kappa shape index (κ3) is 2.51. The average molecular weight is 314 g/mol. The van der Waals surface area contributed by atoms with Gasteiger partial charge < -0.3 is 5.32 Å². The van der Waals surface area contributed by atoms with Gasteiger partial charge in [-0.2, -0.15) is 0 Å². The molecule has 0 spiro atoms. The molecule has 1 unspecified atom stereocenters. The number of nitrogens with one attached hydrogen (secondary N) is 1. The number of hydrogen-bond acceptors (Lipinski definition) is 3. The maximum atomic E-state index is 12.9. The van der Waals surface area contributed by atoms with E-state index in [2.05, 4.69) is 10.3 Å². The van der Waals surface area contributed by atoms with E-state index in [0.717, 1.165) is 5.69 Å². The Kier molecular flexibility index (Phi) is 3.96. The molecule has 0 saturated carbocycles. The highest BCUT2D eigenvalue weighted by molar-refractivity contribution is 6.30. The Bertz CT molecular complexity index is 871. The van der Waals surface area contributed by atoms with E-state index >= 15 is 0 Å². The van der Waals surface area contributed by atoms with E-state index in [4.69, 9.17) is 11.6 Å². The molecule has 0 radical (unpaired) electrons. The zero-order valence-electron chi connectivity index (χ0n) is 12.4. The Hall–Kier alpha value is -2.17. The first-order valence-electron chi connectivity index (χ1n) is 7.06. The second-order valence-corrected chi connectivity index (χ2v) is 5.55. The third-order valence-electron chi connectivity index (χ3n) is 3.71. The molecule has 0 bridgehead atoms. The lowest BCUT2D eigenvalue weighted by Crippen LogP contribution is -2.28. The van der Waals surface area contributed by atoms with Gasteiger partial charge in [0, 0.05) is 5.02 Å². The summed E-state index contributed by atoms with van der Waals surface area (Å²) in [5, 5.41) is 4.38. The molecule has 1 heterocycles. The fraction of sp³-hybridized carbons (Fsp3) is 0.176. The summed E-state index contributed by atoms with van der Waals surface area (Å²) >= 11 is 5.95. The molecule has 1 atom stereocenters. The molecule has 0 aliphatic carbocycles. The lowest BCUT2D eigenvalue weighted by Gasteiger charge is -2.18. The normalized spacial score (nSPS) is 12.5. The van der Waals surface area contributed by atoms with Gasteiger partial charge in [-0.1, -0.05) is 23.7 Å². The lowest BCUT2D eigenvalue weighted by molar-refractivity contribution is 0.589. The number of hydrogen-bond donors (Lipinski definition) is 1. The predicted octanol–water partition coefficient (Wildman–Crippen LogP) is 3.32. The van der Waals surface area contributed by atoms with Gasteiger partial charge in [0.2, 0.25) is 0 Å². The van der Waals surface area contributed by atoms with Crippen LogP contribution < -0.4 is 10.9 Å². The summed E-state index contributed by atoms with van der Waals surface area (Å²) in [6.07, 6.45) is 0. The SMILES string of the molecule is CNC(C)c1nc2ccccc2c(=O)n1-c1ccc(Cl)cc1. The zero-order valence-corrected chi connectivity index (χ0v) is 13.1. The minimum absolute atomic E-state index is 0.0621. The molecule has 3 aromatic rings. The molecule has 0 aliphatic heterocycles. The molecular weight excluding hydrogens is 298 g/mol. The topological polar surface area (TPSA) is 46.9 Å². The number of benzene rings is 2. The average Bonchev–Trinajstić information content (AvgIpc) is 2.55. The number of nitrogens with zero attached hydrogens (tertiary/aromatic N) is 2. The van der Waals surface area contributed by atoms with Gasteiger partial charge in [0.25, 0.3) is 5.56 Å². The standard InChI is InChI=1S/C17H16ClN3O/c1-11(19-2)16-20-15-6-4-3-5-14(15)17(22)21(16)13-9-7-12(18)8-10-13/h3-11,19H,1-2H3. The van der Waals surface area contributed by atoms with Crippen LogP contribution in [0.25, 0.3) is 16.6 Å². The molecule has 4 nitrogen and oxygen atoms in total. The van der Waals surface area contributed by atoms with Crippen molar-refractivity contribution in [1.29, 1.82) is 0 Å². The van der Waals surface area contributed by atoms with Crippen LogP contribution in [-0.4, -0.2) is 16.6 Å². The van der Waals surface area contributed by atoms with E-state index < -0.39 is 0 Å². The number of rotatable bonds is 3. The van der Waals surface area contributed by atoms with Gasteiger partial charge >= 0.3 is 0 Å². The van der Waals surface area contributed by atoms with Crippen molar-refractivity contribution in [3.63, 3.8) is 0 Å². The summed E-state index contributed by atoms with van der Waals surface area (Å²) in [6.45, 7) is 1.98. The first-order valence-corrected chi connectivity index (χ1v) is 7.44. The second-order valence-electron chi connectivity index (χ2n) is 5.11. The minimum Gasteiger partial charge on any atom is -0.311 e. The molecule has 0 fully saturated rings. The number of para-hydroxylation sites is 1. The van der Waals surface area contributed by atoms with Crippen LogP contribution >= 0.6 is 11.6 Å². The van der Waals surface area contributed by atoms with Crippen molar-refractivity contribution in [3.8, 4) is 5.69 Å². The summed E-state index contributed by atoms with van der Waals surface area (Å²) in [7, 11) is 1.85. The summed E-state index contributed by atoms with van der Waals surface area (Å²) in [5.74, 6) is 0.675.